The Morgan fingerprint density at radius 1 is 1.56 bits per heavy atom. The van der Waals surface area contributed by atoms with Crippen molar-refractivity contribution in [3.8, 4) is 0 Å². The van der Waals surface area contributed by atoms with Gasteiger partial charge in [0.25, 0.3) is 5.91 Å². The molecule has 0 aliphatic rings. The molecular weight excluding hydrogens is 230 g/mol. The molecule has 0 unspecified atom stereocenters. The minimum atomic E-state index is -0.0131. The van der Waals surface area contributed by atoms with Crippen LogP contribution >= 0.6 is 0 Å². The molecule has 0 saturated carbocycles. The lowest BCUT2D eigenvalue weighted by Gasteiger charge is -2.26. The molecule has 5 nitrogen and oxygen atoms in total. The van der Waals surface area contributed by atoms with Crippen LogP contribution in [0, 0.1) is 6.92 Å². The number of hydrogen-bond acceptors (Lipinski definition) is 3. The highest BCUT2D eigenvalue weighted by atomic mass is 16.3. The molecule has 0 atom stereocenters. The molecule has 1 rings (SSSR count). The summed E-state index contributed by atoms with van der Waals surface area (Å²) in [4.78, 5) is 14.2. The normalized spacial score (nSPS) is 11.0. The van der Waals surface area contributed by atoms with Crippen molar-refractivity contribution in [1.82, 2.24) is 14.7 Å². The van der Waals surface area contributed by atoms with E-state index in [1.54, 1.807) is 9.58 Å². The Hall–Kier alpha value is -1.36. The van der Waals surface area contributed by atoms with Gasteiger partial charge in [0.05, 0.1) is 5.69 Å². The van der Waals surface area contributed by atoms with Crippen LogP contribution in [0.25, 0.3) is 0 Å². The average molecular weight is 253 g/mol. The van der Waals surface area contributed by atoms with E-state index in [4.69, 9.17) is 5.11 Å². The van der Waals surface area contributed by atoms with Crippen LogP contribution < -0.4 is 0 Å². The predicted molar refractivity (Wildman–Crippen MR) is 70.5 cm³/mol. The zero-order valence-corrected chi connectivity index (χ0v) is 11.7. The standard InChI is InChI=1S/C13H23N3O2/c1-5-16-12(9-11(4)14-16)13(18)15(10(2)3)7-6-8-17/h9-10,17H,5-8H2,1-4H3. The molecule has 0 aliphatic carbocycles. The van der Waals surface area contributed by atoms with Crippen LogP contribution in [-0.2, 0) is 6.54 Å². The quantitative estimate of drug-likeness (QED) is 0.834. The average Bonchev–Trinajstić information content (AvgIpc) is 2.70. The van der Waals surface area contributed by atoms with Crippen LogP contribution in [0.1, 0.15) is 43.4 Å². The van der Waals surface area contributed by atoms with Crippen LogP contribution in [0.3, 0.4) is 0 Å². The maximum absolute atomic E-state index is 12.5. The van der Waals surface area contributed by atoms with Gasteiger partial charge in [-0.05, 0) is 40.2 Å². The summed E-state index contributed by atoms with van der Waals surface area (Å²) in [7, 11) is 0. The fourth-order valence-electron chi connectivity index (χ4n) is 1.94. The number of hydrogen-bond donors (Lipinski definition) is 1. The predicted octanol–water partition coefficient (Wildman–Crippen LogP) is 1.44. The zero-order valence-electron chi connectivity index (χ0n) is 11.7. The fraction of sp³-hybridized carbons (Fsp3) is 0.692. The van der Waals surface area contributed by atoms with Crippen LogP contribution in [-0.4, -0.2) is 44.9 Å². The van der Waals surface area contributed by atoms with Gasteiger partial charge >= 0.3 is 0 Å². The van der Waals surface area contributed by atoms with Gasteiger partial charge in [-0.3, -0.25) is 9.48 Å². The van der Waals surface area contributed by atoms with Gasteiger partial charge in [-0.2, -0.15) is 5.10 Å². The summed E-state index contributed by atoms with van der Waals surface area (Å²) in [6, 6.07) is 1.93. The van der Waals surface area contributed by atoms with Crippen molar-refractivity contribution in [2.24, 2.45) is 0 Å². The Morgan fingerprint density at radius 3 is 2.72 bits per heavy atom. The lowest BCUT2D eigenvalue weighted by Crippen LogP contribution is -2.39. The number of aliphatic hydroxyl groups excluding tert-OH is 1. The van der Waals surface area contributed by atoms with Gasteiger partial charge in [0.2, 0.25) is 0 Å². The van der Waals surface area contributed by atoms with Crippen LogP contribution in [0.15, 0.2) is 6.07 Å². The number of nitrogens with zero attached hydrogens (tertiary/aromatic N) is 3. The van der Waals surface area contributed by atoms with Gasteiger partial charge in [-0.1, -0.05) is 0 Å². The summed E-state index contributed by atoms with van der Waals surface area (Å²) >= 11 is 0. The molecule has 1 aromatic heterocycles. The Kier molecular flexibility index (Phi) is 5.34. The number of amides is 1. The number of aliphatic hydroxyl groups is 1. The van der Waals surface area contributed by atoms with Gasteiger partial charge in [0.15, 0.2) is 0 Å². The van der Waals surface area contributed by atoms with Crippen molar-refractivity contribution in [3.05, 3.63) is 17.5 Å². The molecule has 0 saturated heterocycles. The molecular formula is C13H23N3O2. The van der Waals surface area contributed by atoms with Crippen molar-refractivity contribution < 1.29 is 9.90 Å². The number of rotatable bonds is 6. The molecule has 0 fully saturated rings. The van der Waals surface area contributed by atoms with Gasteiger partial charge in [-0.15, -0.1) is 0 Å². The molecule has 1 amide bonds. The summed E-state index contributed by atoms with van der Waals surface area (Å²) in [5.74, 6) is -0.0131. The van der Waals surface area contributed by atoms with E-state index >= 15 is 0 Å². The molecule has 1 N–H and O–H groups in total. The van der Waals surface area contributed by atoms with E-state index in [1.165, 1.54) is 0 Å². The van der Waals surface area contributed by atoms with Gasteiger partial charge in [0, 0.05) is 25.7 Å². The lowest BCUT2D eigenvalue weighted by atomic mass is 10.2. The maximum atomic E-state index is 12.5. The van der Waals surface area contributed by atoms with E-state index in [9.17, 15) is 4.79 Å². The van der Waals surface area contributed by atoms with Crippen molar-refractivity contribution >= 4 is 5.91 Å². The Balaban J connectivity index is 2.94. The third kappa shape index (κ3) is 3.32. The topological polar surface area (TPSA) is 58.4 Å². The Bertz CT molecular complexity index is 399. The first-order valence-corrected chi connectivity index (χ1v) is 6.47. The van der Waals surface area contributed by atoms with Gasteiger partial charge < -0.3 is 10.0 Å². The molecule has 0 aromatic carbocycles. The highest BCUT2D eigenvalue weighted by Gasteiger charge is 2.22. The van der Waals surface area contributed by atoms with E-state index in [2.05, 4.69) is 5.10 Å². The first-order chi connectivity index (χ1) is 8.51. The second kappa shape index (κ2) is 6.54. The van der Waals surface area contributed by atoms with E-state index < -0.39 is 0 Å². The van der Waals surface area contributed by atoms with E-state index in [-0.39, 0.29) is 18.6 Å². The lowest BCUT2D eigenvalue weighted by molar-refractivity contribution is 0.0680. The molecule has 0 spiro atoms. The van der Waals surface area contributed by atoms with Crippen LogP contribution in [0.4, 0.5) is 0 Å². The summed E-state index contributed by atoms with van der Waals surface area (Å²) < 4.78 is 1.73. The fourth-order valence-corrected chi connectivity index (χ4v) is 1.94. The largest absolute Gasteiger partial charge is 0.396 e. The Morgan fingerprint density at radius 2 is 2.22 bits per heavy atom. The second-order valence-corrected chi connectivity index (χ2v) is 4.66. The number of aromatic nitrogens is 2. The molecule has 0 bridgehead atoms. The van der Waals surface area contributed by atoms with Crippen LogP contribution in [0.5, 0.6) is 0 Å². The van der Waals surface area contributed by atoms with Crippen molar-refractivity contribution in [3.63, 3.8) is 0 Å². The SMILES string of the molecule is CCn1nc(C)cc1C(=O)N(CCCO)C(C)C. The summed E-state index contributed by atoms with van der Waals surface area (Å²) in [5, 5.41) is 13.2. The number of carbonyl (C=O) groups is 1. The third-order valence-electron chi connectivity index (χ3n) is 2.86. The van der Waals surface area contributed by atoms with E-state index in [0.717, 1.165) is 5.69 Å². The first-order valence-electron chi connectivity index (χ1n) is 6.47. The monoisotopic (exact) mass is 253 g/mol. The highest BCUT2D eigenvalue weighted by Crippen LogP contribution is 2.11. The zero-order chi connectivity index (χ0) is 13.7. The summed E-state index contributed by atoms with van der Waals surface area (Å²) in [6.07, 6.45) is 0.600. The molecule has 0 aliphatic heterocycles. The summed E-state index contributed by atoms with van der Waals surface area (Å²) in [5.41, 5.74) is 1.48. The van der Waals surface area contributed by atoms with Gasteiger partial charge in [0.1, 0.15) is 5.69 Å². The number of carbonyl (C=O) groups excluding carboxylic acids is 1. The van der Waals surface area contributed by atoms with E-state index in [0.29, 0.717) is 25.2 Å². The van der Waals surface area contributed by atoms with Crippen molar-refractivity contribution in [2.45, 2.75) is 46.7 Å². The first kappa shape index (κ1) is 14.7. The smallest absolute Gasteiger partial charge is 0.272 e. The van der Waals surface area contributed by atoms with E-state index in [1.807, 2.05) is 33.8 Å². The van der Waals surface area contributed by atoms with Crippen LogP contribution in [0.2, 0.25) is 0 Å². The second-order valence-electron chi connectivity index (χ2n) is 4.66. The van der Waals surface area contributed by atoms with Crippen molar-refractivity contribution in [1.29, 1.82) is 0 Å². The highest BCUT2D eigenvalue weighted by molar-refractivity contribution is 5.92. The minimum absolute atomic E-state index is 0.0131. The summed E-state index contributed by atoms with van der Waals surface area (Å²) in [6.45, 7) is 9.17. The molecule has 1 heterocycles. The van der Waals surface area contributed by atoms with Crippen molar-refractivity contribution in [2.75, 3.05) is 13.2 Å². The Labute approximate surface area is 108 Å². The maximum Gasteiger partial charge on any atom is 0.272 e. The number of aryl methyl sites for hydroxylation is 2. The minimum Gasteiger partial charge on any atom is -0.396 e. The molecule has 18 heavy (non-hydrogen) atoms. The molecule has 0 radical (unpaired) electrons. The molecule has 5 heteroatoms. The van der Waals surface area contributed by atoms with Gasteiger partial charge in [-0.25, -0.2) is 0 Å². The molecule has 102 valence electrons. The third-order valence-corrected chi connectivity index (χ3v) is 2.86. The molecule has 1 aromatic rings.